The van der Waals surface area contributed by atoms with Gasteiger partial charge in [0.25, 0.3) is 0 Å². The minimum atomic E-state index is -0.0208. The van der Waals surface area contributed by atoms with Gasteiger partial charge in [-0.3, -0.25) is 0 Å². The highest BCUT2D eigenvalue weighted by molar-refractivity contribution is 9.10. The maximum Gasteiger partial charge on any atom is 0.0499 e. The lowest BCUT2D eigenvalue weighted by Gasteiger charge is -2.07. The van der Waals surface area contributed by atoms with E-state index in [4.69, 9.17) is 5.11 Å². The fraction of sp³-hybridized carbons (Fsp3) is 0.222. The fourth-order valence-electron chi connectivity index (χ4n) is 0.866. The molecule has 1 aromatic carbocycles. The number of hydrogen-bond acceptors (Lipinski definition) is 1. The van der Waals surface area contributed by atoms with Crippen LogP contribution in [0.15, 0.2) is 28.7 Å². The van der Waals surface area contributed by atoms with Gasteiger partial charge in [-0.2, -0.15) is 0 Å². The molecule has 0 saturated heterocycles. The first kappa shape index (κ1) is 8.75. The van der Waals surface area contributed by atoms with E-state index in [0.717, 1.165) is 10.0 Å². The Morgan fingerprint density at radius 3 is 2.82 bits per heavy atom. The second-order valence-corrected chi connectivity index (χ2v) is 3.35. The van der Waals surface area contributed by atoms with Crippen molar-refractivity contribution in [1.82, 2.24) is 0 Å². The molecule has 0 spiro atoms. The van der Waals surface area contributed by atoms with Crippen molar-refractivity contribution in [2.45, 2.75) is 5.92 Å². The maximum atomic E-state index is 8.80. The predicted molar refractivity (Wildman–Crippen MR) is 49.3 cm³/mol. The number of aliphatic hydroxyl groups is 1. The van der Waals surface area contributed by atoms with E-state index in [1.165, 1.54) is 0 Å². The first-order valence-electron chi connectivity index (χ1n) is 3.43. The van der Waals surface area contributed by atoms with Gasteiger partial charge in [-0.25, -0.2) is 0 Å². The normalized spacial score (nSPS) is 13.0. The van der Waals surface area contributed by atoms with Gasteiger partial charge >= 0.3 is 0 Å². The summed E-state index contributed by atoms with van der Waals surface area (Å²) >= 11 is 3.35. The number of rotatable bonds is 2. The average molecular weight is 214 g/mol. The number of benzene rings is 1. The summed E-state index contributed by atoms with van der Waals surface area (Å²) in [6.07, 6.45) is 0. The van der Waals surface area contributed by atoms with Crippen molar-refractivity contribution in [3.05, 3.63) is 41.2 Å². The summed E-state index contributed by atoms with van der Waals surface area (Å²) < 4.78 is 1.03. The highest BCUT2D eigenvalue weighted by atomic mass is 79.9. The lowest BCUT2D eigenvalue weighted by Crippen LogP contribution is -1.98. The van der Waals surface area contributed by atoms with Crippen LogP contribution in [0.1, 0.15) is 11.5 Å². The molecule has 2 heteroatoms. The summed E-state index contributed by atoms with van der Waals surface area (Å²) in [5.74, 6) is -0.0208. The first-order valence-corrected chi connectivity index (χ1v) is 4.22. The van der Waals surface area contributed by atoms with Crippen molar-refractivity contribution in [3.8, 4) is 0 Å². The second-order valence-electron chi connectivity index (χ2n) is 2.43. The molecular formula is C9H10BrO. The summed E-state index contributed by atoms with van der Waals surface area (Å²) in [5.41, 5.74) is 1.06. The number of halogens is 1. The molecule has 1 rings (SSSR count). The van der Waals surface area contributed by atoms with Crippen LogP contribution < -0.4 is 0 Å². The molecule has 1 N–H and O–H groups in total. The van der Waals surface area contributed by atoms with Crippen molar-refractivity contribution >= 4 is 15.9 Å². The van der Waals surface area contributed by atoms with Crippen LogP contribution in [0.5, 0.6) is 0 Å². The summed E-state index contributed by atoms with van der Waals surface area (Å²) in [7, 11) is 0. The third kappa shape index (κ3) is 2.31. The zero-order chi connectivity index (χ0) is 8.27. The lowest BCUT2D eigenvalue weighted by molar-refractivity contribution is 0.282. The molecule has 59 valence electrons. The van der Waals surface area contributed by atoms with E-state index in [2.05, 4.69) is 22.9 Å². The summed E-state index contributed by atoms with van der Waals surface area (Å²) in [5, 5.41) is 8.80. The van der Waals surface area contributed by atoms with Crippen molar-refractivity contribution < 1.29 is 5.11 Å². The predicted octanol–water partition coefficient (Wildman–Crippen LogP) is 2.36. The summed E-state index contributed by atoms with van der Waals surface area (Å²) in [6, 6.07) is 7.81. The number of hydrogen-bond donors (Lipinski definition) is 1. The van der Waals surface area contributed by atoms with E-state index in [0.29, 0.717) is 0 Å². The van der Waals surface area contributed by atoms with Gasteiger partial charge in [0, 0.05) is 17.0 Å². The van der Waals surface area contributed by atoms with Crippen LogP contribution in [-0.2, 0) is 0 Å². The van der Waals surface area contributed by atoms with Gasteiger partial charge in [0.1, 0.15) is 0 Å². The van der Waals surface area contributed by atoms with Gasteiger partial charge in [-0.05, 0) is 24.6 Å². The molecule has 1 unspecified atom stereocenters. The van der Waals surface area contributed by atoms with Gasteiger partial charge in [-0.15, -0.1) is 0 Å². The maximum absolute atomic E-state index is 8.80. The molecule has 0 heterocycles. The second kappa shape index (κ2) is 3.88. The van der Waals surface area contributed by atoms with E-state index in [1.807, 2.05) is 24.3 Å². The van der Waals surface area contributed by atoms with Gasteiger partial charge in [-0.1, -0.05) is 28.1 Å². The Hall–Kier alpha value is -0.340. The van der Waals surface area contributed by atoms with E-state index >= 15 is 0 Å². The SMILES string of the molecule is [CH2]C(CO)c1cccc(Br)c1. The molecule has 1 nitrogen and oxygen atoms in total. The molecule has 11 heavy (non-hydrogen) atoms. The molecule has 0 saturated carbocycles. The van der Waals surface area contributed by atoms with Crippen molar-refractivity contribution in [2.24, 2.45) is 0 Å². The number of aliphatic hydroxyl groups excluding tert-OH is 1. The largest absolute Gasteiger partial charge is 0.396 e. The monoisotopic (exact) mass is 213 g/mol. The Bertz CT molecular complexity index is 235. The highest BCUT2D eigenvalue weighted by Gasteiger charge is 2.02. The molecule has 0 bridgehead atoms. The van der Waals surface area contributed by atoms with Crippen molar-refractivity contribution in [3.63, 3.8) is 0 Å². The van der Waals surface area contributed by atoms with Crippen molar-refractivity contribution in [2.75, 3.05) is 6.61 Å². The van der Waals surface area contributed by atoms with Crippen LogP contribution in [-0.4, -0.2) is 11.7 Å². The summed E-state index contributed by atoms with van der Waals surface area (Å²) in [4.78, 5) is 0. The Labute approximate surface area is 75.2 Å². The van der Waals surface area contributed by atoms with Crippen LogP contribution in [0.2, 0.25) is 0 Å². The Kier molecular flexibility index (Phi) is 3.09. The third-order valence-corrected chi connectivity index (χ3v) is 2.03. The average Bonchev–Trinajstić information content (AvgIpc) is 2.03. The Balaban J connectivity index is 2.86. The first-order chi connectivity index (χ1) is 5.24. The van der Waals surface area contributed by atoms with Crippen LogP contribution in [0.25, 0.3) is 0 Å². The molecule has 1 atom stereocenters. The van der Waals surface area contributed by atoms with Crippen LogP contribution in [0.3, 0.4) is 0 Å². The van der Waals surface area contributed by atoms with E-state index in [9.17, 15) is 0 Å². The third-order valence-electron chi connectivity index (χ3n) is 1.54. The quantitative estimate of drug-likeness (QED) is 0.801. The Morgan fingerprint density at radius 2 is 2.27 bits per heavy atom. The van der Waals surface area contributed by atoms with E-state index in [1.54, 1.807) is 0 Å². The summed E-state index contributed by atoms with van der Waals surface area (Å²) in [6.45, 7) is 3.89. The molecular weight excluding hydrogens is 204 g/mol. The van der Waals surface area contributed by atoms with Gasteiger partial charge < -0.3 is 5.11 Å². The van der Waals surface area contributed by atoms with E-state index < -0.39 is 0 Å². The minimum absolute atomic E-state index is 0.0208. The van der Waals surface area contributed by atoms with Crippen molar-refractivity contribution in [1.29, 1.82) is 0 Å². The van der Waals surface area contributed by atoms with Gasteiger partial charge in [0.05, 0.1) is 0 Å². The molecule has 0 aliphatic carbocycles. The fourth-order valence-corrected chi connectivity index (χ4v) is 1.28. The molecule has 1 aromatic rings. The topological polar surface area (TPSA) is 20.2 Å². The smallest absolute Gasteiger partial charge is 0.0499 e. The molecule has 1 radical (unpaired) electrons. The zero-order valence-corrected chi connectivity index (χ0v) is 7.71. The molecule has 0 aliphatic heterocycles. The van der Waals surface area contributed by atoms with Gasteiger partial charge in [0.15, 0.2) is 0 Å². The van der Waals surface area contributed by atoms with Gasteiger partial charge in [0.2, 0.25) is 0 Å². The Morgan fingerprint density at radius 1 is 1.55 bits per heavy atom. The molecule has 0 aromatic heterocycles. The van der Waals surface area contributed by atoms with Crippen LogP contribution in [0.4, 0.5) is 0 Å². The van der Waals surface area contributed by atoms with Crippen LogP contribution >= 0.6 is 15.9 Å². The standard InChI is InChI=1S/C9H10BrO/c1-7(6-11)8-3-2-4-9(10)5-8/h2-5,7,11H,1,6H2. The zero-order valence-electron chi connectivity index (χ0n) is 6.13. The van der Waals surface area contributed by atoms with E-state index in [-0.39, 0.29) is 12.5 Å². The molecule has 0 fully saturated rings. The lowest BCUT2D eigenvalue weighted by atomic mass is 10.0. The minimum Gasteiger partial charge on any atom is -0.396 e. The molecule has 0 aliphatic rings. The van der Waals surface area contributed by atoms with Crippen LogP contribution in [0, 0.1) is 6.92 Å². The highest BCUT2D eigenvalue weighted by Crippen LogP contribution is 2.18. The molecule has 0 amide bonds.